The van der Waals surface area contributed by atoms with Gasteiger partial charge in [0.1, 0.15) is 5.60 Å². The van der Waals surface area contributed by atoms with Crippen molar-refractivity contribution in [3.05, 3.63) is 12.2 Å². The van der Waals surface area contributed by atoms with Gasteiger partial charge in [0.25, 0.3) is 0 Å². The molecule has 0 spiro atoms. The van der Waals surface area contributed by atoms with Gasteiger partial charge in [-0.1, -0.05) is 19.1 Å². The third-order valence-corrected chi connectivity index (χ3v) is 3.30. The molecule has 0 aromatic rings. The van der Waals surface area contributed by atoms with Crippen LogP contribution in [-0.2, 0) is 9.53 Å². The number of hydrogen-bond donors (Lipinski definition) is 0. The molecular formula is C10H14O2. The summed E-state index contributed by atoms with van der Waals surface area (Å²) in [4.78, 5) is 11.6. The maximum atomic E-state index is 11.6. The van der Waals surface area contributed by atoms with Crippen LogP contribution in [0.3, 0.4) is 0 Å². The Morgan fingerprint density at radius 2 is 2.42 bits per heavy atom. The third-order valence-electron chi connectivity index (χ3n) is 3.30. The molecule has 2 aliphatic rings. The van der Waals surface area contributed by atoms with Crippen molar-refractivity contribution >= 4 is 5.78 Å². The summed E-state index contributed by atoms with van der Waals surface area (Å²) < 4.78 is 5.36. The fourth-order valence-corrected chi connectivity index (χ4v) is 2.51. The lowest BCUT2D eigenvalue weighted by Gasteiger charge is -2.51. The van der Waals surface area contributed by atoms with Crippen LogP contribution in [0.5, 0.6) is 0 Å². The van der Waals surface area contributed by atoms with E-state index in [2.05, 4.69) is 12.2 Å². The van der Waals surface area contributed by atoms with Crippen molar-refractivity contribution in [2.75, 3.05) is 7.11 Å². The summed E-state index contributed by atoms with van der Waals surface area (Å²) in [6.45, 7) is 1.99. The molecule has 0 aliphatic heterocycles. The molecule has 2 rings (SSSR count). The van der Waals surface area contributed by atoms with Crippen LogP contribution in [0, 0.1) is 11.8 Å². The lowest BCUT2D eigenvalue weighted by molar-refractivity contribution is -0.178. The molecule has 2 nitrogen and oxygen atoms in total. The van der Waals surface area contributed by atoms with E-state index in [1.165, 1.54) is 0 Å². The Bertz CT molecular complexity index is 244. The highest BCUT2D eigenvalue weighted by Crippen LogP contribution is 2.48. The molecule has 3 atom stereocenters. The van der Waals surface area contributed by atoms with Crippen molar-refractivity contribution in [2.45, 2.75) is 25.4 Å². The number of ether oxygens (including phenoxy) is 1. The number of carbonyl (C=O) groups is 1. The highest BCUT2D eigenvalue weighted by Gasteiger charge is 2.59. The molecule has 0 aromatic carbocycles. The largest absolute Gasteiger partial charge is 0.370 e. The van der Waals surface area contributed by atoms with Crippen LogP contribution >= 0.6 is 0 Å². The molecule has 0 amide bonds. The molecule has 1 saturated carbocycles. The van der Waals surface area contributed by atoms with E-state index in [1.807, 2.05) is 6.92 Å². The second kappa shape index (κ2) is 2.43. The number of Topliss-reactive ketones (excluding diaryl/α,β-unsaturated/α-hetero) is 1. The maximum Gasteiger partial charge on any atom is 0.168 e. The second-order valence-electron chi connectivity index (χ2n) is 3.74. The summed E-state index contributed by atoms with van der Waals surface area (Å²) in [5.41, 5.74) is -0.436. The molecule has 0 heterocycles. The van der Waals surface area contributed by atoms with Gasteiger partial charge in [-0.3, -0.25) is 4.79 Å². The molecule has 12 heavy (non-hydrogen) atoms. The van der Waals surface area contributed by atoms with Gasteiger partial charge >= 0.3 is 0 Å². The normalized spacial score (nSPS) is 45.3. The zero-order valence-electron chi connectivity index (χ0n) is 7.54. The van der Waals surface area contributed by atoms with Gasteiger partial charge in [0, 0.05) is 18.9 Å². The van der Waals surface area contributed by atoms with Crippen molar-refractivity contribution in [3.63, 3.8) is 0 Å². The zero-order valence-corrected chi connectivity index (χ0v) is 7.54. The first-order valence-corrected chi connectivity index (χ1v) is 4.48. The molecular weight excluding hydrogens is 152 g/mol. The molecule has 2 aliphatic carbocycles. The summed E-state index contributed by atoms with van der Waals surface area (Å²) >= 11 is 0. The number of hydrogen-bond acceptors (Lipinski definition) is 2. The topological polar surface area (TPSA) is 26.3 Å². The zero-order chi connectivity index (χ0) is 8.77. The quantitative estimate of drug-likeness (QED) is 0.552. The van der Waals surface area contributed by atoms with E-state index in [1.54, 1.807) is 7.11 Å². The van der Waals surface area contributed by atoms with Gasteiger partial charge in [0.2, 0.25) is 0 Å². The van der Waals surface area contributed by atoms with E-state index >= 15 is 0 Å². The van der Waals surface area contributed by atoms with Crippen LogP contribution in [0.15, 0.2) is 12.2 Å². The molecule has 0 N–H and O–H groups in total. The van der Waals surface area contributed by atoms with Crippen LogP contribution in [0.2, 0.25) is 0 Å². The van der Waals surface area contributed by atoms with Crippen molar-refractivity contribution in [2.24, 2.45) is 11.8 Å². The summed E-state index contributed by atoms with van der Waals surface area (Å²) in [7, 11) is 1.65. The Labute approximate surface area is 72.6 Å². The van der Waals surface area contributed by atoms with E-state index in [4.69, 9.17) is 4.74 Å². The SMILES string of the molecule is CO[C@]12CCC=C[C@H]1C(C)C2=O. The van der Waals surface area contributed by atoms with E-state index in [9.17, 15) is 4.79 Å². The number of methoxy groups -OCH3 is 1. The Hall–Kier alpha value is -0.630. The number of fused-ring (bicyclic) bond motifs is 1. The van der Waals surface area contributed by atoms with E-state index in [0.717, 1.165) is 12.8 Å². The molecule has 1 fully saturated rings. The standard InChI is InChI=1S/C10H14O2/c1-7-8-5-3-4-6-10(8,12-2)9(7)11/h3,5,7-8H,4,6H2,1-2H3/t7?,8-,10+/m0/s1. The predicted molar refractivity (Wildman–Crippen MR) is 45.8 cm³/mol. The lowest BCUT2D eigenvalue weighted by Crippen LogP contribution is -2.63. The molecule has 0 aromatic heterocycles. The Kier molecular flexibility index (Phi) is 1.62. The minimum atomic E-state index is -0.436. The molecule has 2 heteroatoms. The first kappa shape index (κ1) is 7.99. The van der Waals surface area contributed by atoms with Gasteiger partial charge in [-0.05, 0) is 12.8 Å². The van der Waals surface area contributed by atoms with Crippen molar-refractivity contribution in [3.8, 4) is 0 Å². The number of carbonyl (C=O) groups excluding carboxylic acids is 1. The van der Waals surface area contributed by atoms with Crippen LogP contribution < -0.4 is 0 Å². The molecule has 1 unspecified atom stereocenters. The van der Waals surface area contributed by atoms with Gasteiger partial charge < -0.3 is 4.74 Å². The van der Waals surface area contributed by atoms with Crippen LogP contribution in [0.1, 0.15) is 19.8 Å². The number of allylic oxidation sites excluding steroid dienone is 1. The van der Waals surface area contributed by atoms with Crippen molar-refractivity contribution in [1.29, 1.82) is 0 Å². The molecule has 0 saturated heterocycles. The smallest absolute Gasteiger partial charge is 0.168 e. The van der Waals surface area contributed by atoms with Gasteiger partial charge in [-0.25, -0.2) is 0 Å². The Morgan fingerprint density at radius 1 is 1.67 bits per heavy atom. The van der Waals surface area contributed by atoms with Gasteiger partial charge in [0.05, 0.1) is 0 Å². The number of ketones is 1. The van der Waals surface area contributed by atoms with Gasteiger partial charge in [-0.2, -0.15) is 0 Å². The minimum Gasteiger partial charge on any atom is -0.370 e. The summed E-state index contributed by atoms with van der Waals surface area (Å²) in [5.74, 6) is 0.796. The Morgan fingerprint density at radius 3 is 3.00 bits per heavy atom. The average Bonchev–Trinajstić information content (AvgIpc) is 2.15. The fourth-order valence-electron chi connectivity index (χ4n) is 2.51. The first-order chi connectivity index (χ1) is 5.72. The van der Waals surface area contributed by atoms with Gasteiger partial charge in [0.15, 0.2) is 5.78 Å². The number of rotatable bonds is 1. The summed E-state index contributed by atoms with van der Waals surface area (Å²) in [5, 5.41) is 0. The predicted octanol–water partition coefficient (Wildman–Crippen LogP) is 1.56. The molecule has 0 bridgehead atoms. The van der Waals surface area contributed by atoms with Crippen LogP contribution in [0.4, 0.5) is 0 Å². The fraction of sp³-hybridized carbons (Fsp3) is 0.700. The minimum absolute atomic E-state index is 0.168. The van der Waals surface area contributed by atoms with Crippen LogP contribution in [0.25, 0.3) is 0 Å². The lowest BCUT2D eigenvalue weighted by atomic mass is 9.57. The molecule has 0 radical (unpaired) electrons. The molecule has 66 valence electrons. The highest BCUT2D eigenvalue weighted by molar-refractivity contribution is 5.97. The summed E-state index contributed by atoms with van der Waals surface area (Å²) in [6, 6.07) is 0. The summed E-state index contributed by atoms with van der Waals surface area (Å²) in [6.07, 6.45) is 6.14. The van der Waals surface area contributed by atoms with Crippen molar-refractivity contribution in [1.82, 2.24) is 0 Å². The third kappa shape index (κ3) is 0.712. The monoisotopic (exact) mass is 166 g/mol. The van der Waals surface area contributed by atoms with E-state index in [0.29, 0.717) is 11.7 Å². The van der Waals surface area contributed by atoms with Gasteiger partial charge in [-0.15, -0.1) is 0 Å². The first-order valence-electron chi connectivity index (χ1n) is 4.48. The average molecular weight is 166 g/mol. The second-order valence-corrected chi connectivity index (χ2v) is 3.74. The van der Waals surface area contributed by atoms with Crippen LogP contribution in [-0.4, -0.2) is 18.5 Å². The van der Waals surface area contributed by atoms with E-state index in [-0.39, 0.29) is 5.92 Å². The Balaban J connectivity index is 2.30. The maximum absolute atomic E-state index is 11.6. The van der Waals surface area contributed by atoms with Crippen molar-refractivity contribution < 1.29 is 9.53 Å². The van der Waals surface area contributed by atoms with E-state index < -0.39 is 5.60 Å². The highest BCUT2D eigenvalue weighted by atomic mass is 16.5.